The van der Waals surface area contributed by atoms with E-state index in [9.17, 15) is 4.79 Å². The van der Waals surface area contributed by atoms with Gasteiger partial charge in [0.2, 0.25) is 5.91 Å². The molecule has 0 spiro atoms. The maximum atomic E-state index is 12.7. The molecule has 2 heterocycles. The molecule has 1 aromatic heterocycles. The van der Waals surface area contributed by atoms with Crippen molar-refractivity contribution >= 4 is 5.91 Å². The smallest absolute Gasteiger partial charge is 0.248 e. The zero-order valence-corrected chi connectivity index (χ0v) is 12.9. The topological polar surface area (TPSA) is 69.0 Å². The number of hydrogen-bond donors (Lipinski definition) is 1. The number of nitrogens with zero attached hydrogens (tertiary/aromatic N) is 3. The highest BCUT2D eigenvalue weighted by molar-refractivity contribution is 5.85. The normalized spacial score (nSPS) is 20.5. The standard InChI is InChI=1S/C16H20N4O2/c1-3-9-17-15(21)16(2)11-22-10-13-18-19-14(20(13)16)12-7-5-4-6-8-12/h4-8H,3,9-11H2,1-2H3,(H,17,21). The van der Waals surface area contributed by atoms with E-state index in [-0.39, 0.29) is 5.91 Å². The lowest BCUT2D eigenvalue weighted by Gasteiger charge is -2.35. The van der Waals surface area contributed by atoms with E-state index in [1.54, 1.807) is 0 Å². The zero-order chi connectivity index (χ0) is 15.6. The lowest BCUT2D eigenvalue weighted by atomic mass is 9.99. The maximum Gasteiger partial charge on any atom is 0.248 e. The Balaban J connectivity index is 2.05. The highest BCUT2D eigenvalue weighted by Crippen LogP contribution is 2.30. The van der Waals surface area contributed by atoms with Crippen LogP contribution in [-0.2, 0) is 21.7 Å². The van der Waals surface area contributed by atoms with Gasteiger partial charge in [-0.05, 0) is 13.3 Å². The summed E-state index contributed by atoms with van der Waals surface area (Å²) in [5.41, 5.74) is 0.106. The van der Waals surface area contributed by atoms with Gasteiger partial charge in [0.15, 0.2) is 11.6 Å². The monoisotopic (exact) mass is 300 g/mol. The number of fused-ring (bicyclic) bond motifs is 1. The molecule has 0 radical (unpaired) electrons. The first-order chi connectivity index (χ1) is 10.7. The van der Waals surface area contributed by atoms with Crippen LogP contribution < -0.4 is 5.32 Å². The molecule has 1 atom stereocenters. The molecular weight excluding hydrogens is 280 g/mol. The van der Waals surface area contributed by atoms with E-state index >= 15 is 0 Å². The van der Waals surface area contributed by atoms with E-state index in [4.69, 9.17) is 4.74 Å². The van der Waals surface area contributed by atoms with Crippen molar-refractivity contribution in [2.24, 2.45) is 0 Å². The predicted molar refractivity (Wildman–Crippen MR) is 82.1 cm³/mol. The number of carbonyl (C=O) groups is 1. The lowest BCUT2D eigenvalue weighted by Crippen LogP contribution is -2.52. The first kappa shape index (κ1) is 14.7. The highest BCUT2D eigenvalue weighted by atomic mass is 16.5. The van der Waals surface area contributed by atoms with Gasteiger partial charge in [-0.3, -0.25) is 9.36 Å². The third kappa shape index (κ3) is 2.39. The van der Waals surface area contributed by atoms with Crippen molar-refractivity contribution in [1.29, 1.82) is 0 Å². The molecule has 3 rings (SSSR count). The van der Waals surface area contributed by atoms with Crippen LogP contribution in [0.15, 0.2) is 30.3 Å². The molecule has 1 unspecified atom stereocenters. The summed E-state index contributed by atoms with van der Waals surface area (Å²) in [4.78, 5) is 12.7. The molecule has 116 valence electrons. The van der Waals surface area contributed by atoms with Crippen LogP contribution in [0.4, 0.5) is 0 Å². The first-order valence-corrected chi connectivity index (χ1v) is 7.53. The largest absolute Gasteiger partial charge is 0.370 e. The summed E-state index contributed by atoms with van der Waals surface area (Å²) in [5, 5.41) is 11.4. The summed E-state index contributed by atoms with van der Waals surface area (Å²) in [6.45, 7) is 5.23. The van der Waals surface area contributed by atoms with Crippen molar-refractivity contribution in [3.05, 3.63) is 36.2 Å². The van der Waals surface area contributed by atoms with Gasteiger partial charge in [-0.25, -0.2) is 0 Å². The summed E-state index contributed by atoms with van der Waals surface area (Å²) < 4.78 is 7.49. The van der Waals surface area contributed by atoms with Crippen LogP contribution in [0.3, 0.4) is 0 Å². The molecule has 6 heteroatoms. The first-order valence-electron chi connectivity index (χ1n) is 7.53. The predicted octanol–water partition coefficient (Wildman–Crippen LogP) is 1.72. The Morgan fingerprint density at radius 2 is 2.14 bits per heavy atom. The molecule has 1 amide bonds. The van der Waals surface area contributed by atoms with Crippen LogP contribution >= 0.6 is 0 Å². The van der Waals surface area contributed by atoms with E-state index in [0.29, 0.717) is 31.4 Å². The van der Waals surface area contributed by atoms with Crippen LogP contribution in [0.1, 0.15) is 26.1 Å². The Morgan fingerprint density at radius 1 is 1.36 bits per heavy atom. The zero-order valence-electron chi connectivity index (χ0n) is 12.9. The fourth-order valence-corrected chi connectivity index (χ4v) is 2.70. The van der Waals surface area contributed by atoms with Crippen LogP contribution in [0.25, 0.3) is 11.4 Å². The van der Waals surface area contributed by atoms with E-state index in [2.05, 4.69) is 15.5 Å². The van der Waals surface area contributed by atoms with Crippen molar-refractivity contribution in [2.75, 3.05) is 13.2 Å². The quantitative estimate of drug-likeness (QED) is 0.933. The van der Waals surface area contributed by atoms with Gasteiger partial charge >= 0.3 is 0 Å². The number of benzene rings is 1. The van der Waals surface area contributed by atoms with Gasteiger partial charge in [0, 0.05) is 12.1 Å². The van der Waals surface area contributed by atoms with Gasteiger partial charge in [-0.2, -0.15) is 0 Å². The molecule has 0 saturated heterocycles. The number of rotatable bonds is 4. The third-order valence-electron chi connectivity index (χ3n) is 3.89. The molecule has 1 aliphatic heterocycles. The minimum Gasteiger partial charge on any atom is -0.370 e. The number of carbonyl (C=O) groups excluding carboxylic acids is 1. The minimum atomic E-state index is -0.836. The second-order valence-corrected chi connectivity index (χ2v) is 5.66. The number of hydrogen-bond acceptors (Lipinski definition) is 4. The SMILES string of the molecule is CCCNC(=O)C1(C)COCc2nnc(-c3ccccc3)n21. The van der Waals surface area contributed by atoms with Crippen molar-refractivity contribution < 1.29 is 9.53 Å². The molecule has 1 aliphatic rings. The number of amides is 1. The Bertz CT molecular complexity index is 668. The number of nitrogens with one attached hydrogen (secondary N) is 1. The highest BCUT2D eigenvalue weighted by Gasteiger charge is 2.42. The van der Waals surface area contributed by atoms with Gasteiger partial charge in [-0.1, -0.05) is 37.3 Å². The summed E-state index contributed by atoms with van der Waals surface area (Å²) >= 11 is 0. The summed E-state index contributed by atoms with van der Waals surface area (Å²) in [6, 6.07) is 9.79. The fourth-order valence-electron chi connectivity index (χ4n) is 2.70. The van der Waals surface area contributed by atoms with E-state index in [1.165, 1.54) is 0 Å². The molecule has 0 fully saturated rings. The lowest BCUT2D eigenvalue weighted by molar-refractivity contribution is -0.135. The Kier molecular flexibility index (Phi) is 3.94. The number of aromatic nitrogens is 3. The van der Waals surface area contributed by atoms with Gasteiger partial charge in [0.1, 0.15) is 12.1 Å². The number of ether oxygens (including phenoxy) is 1. The Hall–Kier alpha value is -2.21. The van der Waals surface area contributed by atoms with Gasteiger partial charge in [0.25, 0.3) is 0 Å². The Morgan fingerprint density at radius 3 is 2.86 bits per heavy atom. The molecule has 1 aromatic carbocycles. The third-order valence-corrected chi connectivity index (χ3v) is 3.89. The molecule has 22 heavy (non-hydrogen) atoms. The summed E-state index contributed by atoms with van der Waals surface area (Å²) in [6.07, 6.45) is 0.892. The van der Waals surface area contributed by atoms with Crippen LogP contribution in [0.5, 0.6) is 0 Å². The Labute approximate surface area is 129 Å². The van der Waals surface area contributed by atoms with Gasteiger partial charge in [-0.15, -0.1) is 10.2 Å². The fraction of sp³-hybridized carbons (Fsp3) is 0.438. The average molecular weight is 300 g/mol. The van der Waals surface area contributed by atoms with Crippen molar-refractivity contribution in [2.45, 2.75) is 32.4 Å². The molecule has 2 aromatic rings. The second kappa shape index (κ2) is 5.88. The van der Waals surface area contributed by atoms with Gasteiger partial charge in [0.05, 0.1) is 6.61 Å². The van der Waals surface area contributed by atoms with Crippen LogP contribution in [0, 0.1) is 0 Å². The van der Waals surface area contributed by atoms with Crippen molar-refractivity contribution in [3.63, 3.8) is 0 Å². The van der Waals surface area contributed by atoms with Gasteiger partial charge < -0.3 is 10.1 Å². The molecule has 0 aliphatic carbocycles. The summed E-state index contributed by atoms with van der Waals surface area (Å²) in [7, 11) is 0. The van der Waals surface area contributed by atoms with E-state index < -0.39 is 5.54 Å². The van der Waals surface area contributed by atoms with Crippen molar-refractivity contribution in [1.82, 2.24) is 20.1 Å². The van der Waals surface area contributed by atoms with Crippen LogP contribution in [0.2, 0.25) is 0 Å². The molecule has 0 bridgehead atoms. The molecule has 0 saturated carbocycles. The molecular formula is C16H20N4O2. The molecule has 1 N–H and O–H groups in total. The second-order valence-electron chi connectivity index (χ2n) is 5.66. The molecule has 6 nitrogen and oxygen atoms in total. The maximum absolute atomic E-state index is 12.7. The summed E-state index contributed by atoms with van der Waals surface area (Å²) in [5.74, 6) is 1.32. The van der Waals surface area contributed by atoms with Crippen molar-refractivity contribution in [3.8, 4) is 11.4 Å². The van der Waals surface area contributed by atoms with Crippen LogP contribution in [-0.4, -0.2) is 33.8 Å². The van der Waals surface area contributed by atoms with E-state index in [0.717, 1.165) is 12.0 Å². The van der Waals surface area contributed by atoms with E-state index in [1.807, 2.05) is 48.7 Å². The average Bonchev–Trinajstić information content (AvgIpc) is 2.99. The minimum absolute atomic E-state index is 0.0627.